The molecule has 36 heavy (non-hydrogen) atoms. The van der Waals surface area contributed by atoms with Gasteiger partial charge in [-0.3, -0.25) is 19.4 Å². The number of guanidine groups is 1. The summed E-state index contributed by atoms with van der Waals surface area (Å²) in [6.45, 7) is 1.40. The minimum atomic E-state index is -1.20. The molecule has 0 radical (unpaired) electrons. The molecule has 0 saturated carbocycles. The number of carboxylic acid groups (broad SMARTS) is 1. The number of nitrogens with zero attached hydrogens (tertiary/aromatic N) is 1. The molecule has 3 amide bonds. The molecular weight excluding hydrogens is 488 g/mol. The highest BCUT2D eigenvalue weighted by atomic mass is 32.2. The van der Waals surface area contributed by atoms with Crippen LogP contribution in [0.4, 0.5) is 0 Å². The summed E-state index contributed by atoms with van der Waals surface area (Å²) >= 11 is 1.54. The molecule has 0 aromatic carbocycles. The summed E-state index contributed by atoms with van der Waals surface area (Å²) in [5, 5.41) is 20.7. The van der Waals surface area contributed by atoms with E-state index in [1.165, 1.54) is 0 Å². The molecule has 14 heteroatoms. The first-order valence-corrected chi connectivity index (χ1v) is 13.7. The fourth-order valence-electron chi connectivity index (χ4n) is 3.75. The molecule has 13 nitrogen and oxygen atoms in total. The van der Waals surface area contributed by atoms with Gasteiger partial charge in [0.15, 0.2) is 5.96 Å². The zero-order chi connectivity index (χ0) is 26.9. The summed E-state index contributed by atoms with van der Waals surface area (Å²) in [5.74, 6) is -2.00. The second kappa shape index (κ2) is 17.8. The summed E-state index contributed by atoms with van der Waals surface area (Å²) in [6.07, 6.45) is 5.82. The Kier molecular flexibility index (Phi) is 15.5. The first-order chi connectivity index (χ1) is 17.2. The summed E-state index contributed by atoms with van der Waals surface area (Å²) < 4.78 is 0. The monoisotopic (exact) mass is 530 g/mol. The van der Waals surface area contributed by atoms with Crippen molar-refractivity contribution in [3.8, 4) is 0 Å². The number of carbonyl (C=O) groups is 4. The Bertz CT molecular complexity index is 744. The highest BCUT2D eigenvalue weighted by Gasteiger charge is 2.31. The van der Waals surface area contributed by atoms with Crippen molar-refractivity contribution >= 4 is 41.4 Å². The Morgan fingerprint density at radius 2 is 1.64 bits per heavy atom. The first-order valence-electron chi connectivity index (χ1n) is 12.3. The third kappa shape index (κ3) is 12.4. The summed E-state index contributed by atoms with van der Waals surface area (Å²) in [5.41, 5.74) is 16.1. The molecule has 0 aromatic heterocycles. The molecule has 0 spiro atoms. The van der Waals surface area contributed by atoms with E-state index in [9.17, 15) is 24.3 Å². The lowest BCUT2D eigenvalue weighted by atomic mass is 10.1. The van der Waals surface area contributed by atoms with Gasteiger partial charge in [0, 0.05) is 6.54 Å². The van der Waals surface area contributed by atoms with Crippen molar-refractivity contribution in [2.75, 3.05) is 31.6 Å². The lowest BCUT2D eigenvalue weighted by molar-refractivity contribution is -0.142. The molecule has 11 N–H and O–H groups in total. The Hall–Kier alpha value is -2.58. The van der Waals surface area contributed by atoms with Crippen LogP contribution in [0.25, 0.3) is 0 Å². The molecule has 1 aliphatic rings. The maximum Gasteiger partial charge on any atom is 0.326 e. The molecule has 0 aliphatic carbocycles. The predicted octanol–water partition coefficient (Wildman–Crippen LogP) is -1.79. The van der Waals surface area contributed by atoms with Crippen molar-refractivity contribution in [3.05, 3.63) is 0 Å². The summed E-state index contributed by atoms with van der Waals surface area (Å²) in [7, 11) is 0. The smallest absolute Gasteiger partial charge is 0.326 e. The maximum absolute atomic E-state index is 13.1. The van der Waals surface area contributed by atoms with Gasteiger partial charge in [-0.1, -0.05) is 0 Å². The number of thioether (sulfide) groups is 1. The van der Waals surface area contributed by atoms with Crippen molar-refractivity contribution in [1.82, 2.24) is 21.3 Å². The Morgan fingerprint density at radius 3 is 2.19 bits per heavy atom. The molecular formula is C22H42N8O5S. The number of aliphatic carboxylic acids is 1. The minimum absolute atomic E-state index is 0.0968. The van der Waals surface area contributed by atoms with E-state index < -0.39 is 35.9 Å². The van der Waals surface area contributed by atoms with Gasteiger partial charge >= 0.3 is 5.97 Å². The third-order valence-electron chi connectivity index (χ3n) is 5.76. The van der Waals surface area contributed by atoms with Crippen LogP contribution in [0.5, 0.6) is 0 Å². The number of unbranched alkanes of at least 4 members (excludes halogenated alkanes) is 1. The number of aliphatic imine (C=N–C) groups is 1. The van der Waals surface area contributed by atoms with Gasteiger partial charge in [-0.2, -0.15) is 11.8 Å². The van der Waals surface area contributed by atoms with Crippen LogP contribution in [0.3, 0.4) is 0 Å². The van der Waals surface area contributed by atoms with E-state index in [1.807, 2.05) is 6.26 Å². The van der Waals surface area contributed by atoms with Crippen molar-refractivity contribution in [2.45, 2.75) is 75.5 Å². The van der Waals surface area contributed by atoms with Gasteiger partial charge in [0.25, 0.3) is 0 Å². The van der Waals surface area contributed by atoms with Gasteiger partial charge in [0.05, 0.1) is 6.04 Å². The molecule has 1 aliphatic heterocycles. The Morgan fingerprint density at radius 1 is 1.00 bits per heavy atom. The summed E-state index contributed by atoms with van der Waals surface area (Å²) in [6, 6.07) is -3.29. The molecule has 1 heterocycles. The van der Waals surface area contributed by atoms with Crippen molar-refractivity contribution in [3.63, 3.8) is 0 Å². The minimum Gasteiger partial charge on any atom is -0.480 e. The summed E-state index contributed by atoms with van der Waals surface area (Å²) in [4.78, 5) is 54.2. The van der Waals surface area contributed by atoms with Crippen LogP contribution >= 0.6 is 11.8 Å². The molecule has 1 saturated heterocycles. The van der Waals surface area contributed by atoms with Crippen LogP contribution in [0.1, 0.15) is 51.4 Å². The van der Waals surface area contributed by atoms with Crippen LogP contribution in [0.2, 0.25) is 0 Å². The Balaban J connectivity index is 2.86. The zero-order valence-electron chi connectivity index (χ0n) is 21.0. The average molecular weight is 531 g/mol. The molecule has 4 unspecified atom stereocenters. The van der Waals surface area contributed by atoms with Crippen LogP contribution in [0, 0.1) is 0 Å². The SMILES string of the molecule is CSCCC(NC(=O)C1CCCN1)C(=O)NC(CCCCN)C(=O)NC(CCCN=C(N)N)C(=O)O. The number of rotatable bonds is 18. The fraction of sp³-hybridized carbons (Fsp3) is 0.773. The number of nitrogens with one attached hydrogen (secondary N) is 4. The lowest BCUT2D eigenvalue weighted by Gasteiger charge is -2.25. The topological polar surface area (TPSA) is 227 Å². The lowest BCUT2D eigenvalue weighted by Crippen LogP contribution is -2.57. The number of carbonyl (C=O) groups excluding carboxylic acids is 3. The fourth-order valence-corrected chi connectivity index (χ4v) is 4.22. The van der Waals surface area contributed by atoms with E-state index in [-0.39, 0.29) is 37.3 Å². The number of amides is 3. The standard InChI is InChI=1S/C22H42N8O5S/c1-36-13-9-16(29-18(31)14-7-4-11-26-14)20(33)28-15(6-2-3-10-23)19(32)30-17(21(34)35)8-5-12-27-22(24)25/h14-17,26H,2-13,23H2,1H3,(H,28,33)(H,29,31)(H,30,32)(H,34,35)(H4,24,25,27). The highest BCUT2D eigenvalue weighted by Crippen LogP contribution is 2.09. The van der Waals surface area contributed by atoms with E-state index in [4.69, 9.17) is 17.2 Å². The highest BCUT2D eigenvalue weighted by molar-refractivity contribution is 7.98. The average Bonchev–Trinajstić information content (AvgIpc) is 3.37. The number of nitrogens with two attached hydrogens (primary N) is 3. The van der Waals surface area contributed by atoms with Crippen molar-refractivity contribution in [1.29, 1.82) is 0 Å². The zero-order valence-corrected chi connectivity index (χ0v) is 21.8. The number of hydrogen-bond donors (Lipinski definition) is 8. The quantitative estimate of drug-likeness (QED) is 0.0564. The Labute approximate surface area is 216 Å². The molecule has 1 rings (SSSR count). The normalized spacial score (nSPS) is 17.4. The second-order valence-corrected chi connectivity index (χ2v) is 9.67. The first kappa shape index (κ1) is 31.4. The van der Waals surface area contributed by atoms with Crippen LogP contribution in [-0.4, -0.2) is 90.6 Å². The second-order valence-electron chi connectivity index (χ2n) is 8.69. The van der Waals surface area contributed by atoms with Gasteiger partial charge < -0.3 is 43.6 Å². The molecule has 4 atom stereocenters. The maximum atomic E-state index is 13.1. The molecule has 0 bridgehead atoms. The predicted molar refractivity (Wildman–Crippen MR) is 140 cm³/mol. The largest absolute Gasteiger partial charge is 0.480 e. The van der Waals surface area contributed by atoms with Crippen LogP contribution in [0.15, 0.2) is 4.99 Å². The molecule has 206 valence electrons. The number of hydrogen-bond acceptors (Lipinski definition) is 8. The number of carboxylic acids is 1. The van der Waals surface area contributed by atoms with E-state index >= 15 is 0 Å². The van der Waals surface area contributed by atoms with Crippen molar-refractivity contribution < 1.29 is 24.3 Å². The van der Waals surface area contributed by atoms with Gasteiger partial charge in [-0.15, -0.1) is 0 Å². The molecule has 0 aromatic rings. The van der Waals surface area contributed by atoms with E-state index in [2.05, 4.69) is 26.3 Å². The van der Waals surface area contributed by atoms with E-state index in [0.717, 1.165) is 13.0 Å². The third-order valence-corrected chi connectivity index (χ3v) is 6.40. The van der Waals surface area contributed by atoms with Gasteiger partial charge in [-0.05, 0) is 76.5 Å². The van der Waals surface area contributed by atoms with Gasteiger partial charge in [0.2, 0.25) is 17.7 Å². The van der Waals surface area contributed by atoms with Gasteiger partial charge in [-0.25, -0.2) is 4.79 Å². The van der Waals surface area contributed by atoms with Crippen LogP contribution < -0.4 is 38.5 Å². The van der Waals surface area contributed by atoms with Crippen molar-refractivity contribution in [2.24, 2.45) is 22.2 Å². The van der Waals surface area contributed by atoms with E-state index in [0.29, 0.717) is 44.4 Å². The van der Waals surface area contributed by atoms with E-state index in [1.54, 1.807) is 11.8 Å². The molecule has 1 fully saturated rings. The van der Waals surface area contributed by atoms with Crippen LogP contribution in [-0.2, 0) is 19.2 Å². The van der Waals surface area contributed by atoms with Gasteiger partial charge in [0.1, 0.15) is 18.1 Å².